The second kappa shape index (κ2) is 7.61. The Morgan fingerprint density at radius 1 is 1.04 bits per heavy atom. The van der Waals surface area contributed by atoms with Crippen molar-refractivity contribution in [2.24, 2.45) is 0 Å². The monoisotopic (exact) mass is 383 g/mol. The fourth-order valence-electron chi connectivity index (χ4n) is 2.86. The second-order valence-electron chi connectivity index (χ2n) is 5.86. The Labute approximate surface area is 150 Å². The molecule has 0 saturated carbocycles. The molecule has 1 fully saturated rings. The maximum atomic E-state index is 12.6. The molecule has 0 aromatic heterocycles. The lowest BCUT2D eigenvalue weighted by atomic mass is 10.1. The van der Waals surface area contributed by atoms with Gasteiger partial charge in [0.15, 0.2) is 0 Å². The molecule has 1 heterocycles. The summed E-state index contributed by atoms with van der Waals surface area (Å²) in [6.07, 6.45) is 0. The first kappa shape index (κ1) is 16.7. The highest BCUT2D eigenvalue weighted by atomic mass is 79.9. The van der Waals surface area contributed by atoms with Gasteiger partial charge in [0.05, 0.1) is 17.2 Å². The molecule has 1 aliphatic rings. The van der Waals surface area contributed by atoms with Gasteiger partial charge in [0.2, 0.25) is 0 Å². The van der Waals surface area contributed by atoms with Crippen LogP contribution in [0.2, 0.25) is 0 Å². The zero-order chi connectivity index (χ0) is 16.9. The lowest BCUT2D eigenvalue weighted by Gasteiger charge is -2.35. The van der Waals surface area contributed by atoms with Crippen LogP contribution in [0, 0.1) is 11.3 Å². The summed E-state index contributed by atoms with van der Waals surface area (Å²) in [5, 5.41) is 8.84. The van der Waals surface area contributed by atoms with Gasteiger partial charge in [0.1, 0.15) is 0 Å². The number of hydrogen-bond donors (Lipinski definition) is 0. The molecular formula is C19H18BrN3O. The Morgan fingerprint density at radius 3 is 2.33 bits per heavy atom. The summed E-state index contributed by atoms with van der Waals surface area (Å²) in [5.74, 6) is 0.0838. The molecule has 4 nitrogen and oxygen atoms in total. The van der Waals surface area contributed by atoms with E-state index in [4.69, 9.17) is 5.26 Å². The molecule has 0 unspecified atom stereocenters. The first-order chi connectivity index (χ1) is 11.7. The number of halogens is 1. The van der Waals surface area contributed by atoms with Crippen LogP contribution in [0.1, 0.15) is 21.5 Å². The highest BCUT2D eigenvalue weighted by molar-refractivity contribution is 9.10. The summed E-state index contributed by atoms with van der Waals surface area (Å²) < 4.78 is 0.843. The number of benzene rings is 2. The molecular weight excluding hydrogens is 366 g/mol. The topological polar surface area (TPSA) is 47.3 Å². The molecule has 0 spiro atoms. The van der Waals surface area contributed by atoms with E-state index in [1.165, 1.54) is 5.56 Å². The standard InChI is InChI=1S/C19H18BrN3O/c20-18-4-2-1-3-17(18)19(24)23-11-9-22(10-12-23)14-16-7-5-15(13-21)6-8-16/h1-8H,9-12,14H2. The second-order valence-corrected chi connectivity index (χ2v) is 6.71. The van der Waals surface area contributed by atoms with Crippen LogP contribution in [0.5, 0.6) is 0 Å². The lowest BCUT2D eigenvalue weighted by Crippen LogP contribution is -2.48. The van der Waals surface area contributed by atoms with Gasteiger partial charge < -0.3 is 4.90 Å². The number of carbonyl (C=O) groups excluding carboxylic acids is 1. The van der Waals surface area contributed by atoms with Crippen LogP contribution < -0.4 is 0 Å². The van der Waals surface area contributed by atoms with Gasteiger partial charge in [0, 0.05) is 37.2 Å². The summed E-state index contributed by atoms with van der Waals surface area (Å²) in [6, 6.07) is 17.4. The van der Waals surface area contributed by atoms with Gasteiger partial charge in [0.25, 0.3) is 5.91 Å². The van der Waals surface area contributed by atoms with E-state index in [-0.39, 0.29) is 5.91 Å². The summed E-state index contributed by atoms with van der Waals surface area (Å²) in [7, 11) is 0. The van der Waals surface area contributed by atoms with Crippen LogP contribution in [-0.2, 0) is 6.54 Å². The van der Waals surface area contributed by atoms with E-state index in [2.05, 4.69) is 26.9 Å². The number of amides is 1. The predicted octanol–water partition coefficient (Wildman–Crippen LogP) is 3.28. The van der Waals surface area contributed by atoms with Crippen LogP contribution >= 0.6 is 15.9 Å². The quantitative estimate of drug-likeness (QED) is 0.816. The van der Waals surface area contributed by atoms with Gasteiger partial charge >= 0.3 is 0 Å². The molecule has 1 saturated heterocycles. The van der Waals surface area contributed by atoms with Crippen molar-refractivity contribution in [1.82, 2.24) is 9.80 Å². The smallest absolute Gasteiger partial charge is 0.255 e. The Bertz CT molecular complexity index is 759. The SMILES string of the molecule is N#Cc1ccc(CN2CCN(C(=O)c3ccccc3Br)CC2)cc1. The Kier molecular flexibility index (Phi) is 5.29. The Morgan fingerprint density at radius 2 is 1.71 bits per heavy atom. The van der Waals surface area contributed by atoms with E-state index in [9.17, 15) is 4.79 Å². The highest BCUT2D eigenvalue weighted by Crippen LogP contribution is 2.19. The van der Waals surface area contributed by atoms with E-state index in [1.54, 1.807) is 0 Å². The van der Waals surface area contributed by atoms with E-state index >= 15 is 0 Å². The maximum Gasteiger partial charge on any atom is 0.255 e. The average molecular weight is 384 g/mol. The van der Waals surface area contributed by atoms with Gasteiger partial charge in [-0.1, -0.05) is 24.3 Å². The summed E-state index contributed by atoms with van der Waals surface area (Å²) in [5.41, 5.74) is 2.60. The van der Waals surface area contributed by atoms with Crippen LogP contribution in [-0.4, -0.2) is 41.9 Å². The van der Waals surface area contributed by atoms with E-state index in [0.29, 0.717) is 5.56 Å². The van der Waals surface area contributed by atoms with Crippen molar-refractivity contribution in [3.63, 3.8) is 0 Å². The highest BCUT2D eigenvalue weighted by Gasteiger charge is 2.23. The summed E-state index contributed by atoms with van der Waals surface area (Å²) >= 11 is 3.45. The molecule has 2 aromatic rings. The molecule has 0 radical (unpaired) electrons. The minimum atomic E-state index is 0.0838. The number of nitrogens with zero attached hydrogens (tertiary/aromatic N) is 3. The molecule has 122 valence electrons. The molecule has 0 N–H and O–H groups in total. The first-order valence-corrected chi connectivity index (χ1v) is 8.72. The molecule has 2 aromatic carbocycles. The first-order valence-electron chi connectivity index (χ1n) is 7.92. The predicted molar refractivity (Wildman–Crippen MR) is 96.5 cm³/mol. The minimum absolute atomic E-state index is 0.0838. The average Bonchev–Trinajstić information content (AvgIpc) is 2.63. The van der Waals surface area contributed by atoms with Crippen LogP contribution in [0.4, 0.5) is 0 Å². The van der Waals surface area contributed by atoms with E-state index in [1.807, 2.05) is 53.4 Å². The van der Waals surface area contributed by atoms with Gasteiger partial charge in [-0.15, -0.1) is 0 Å². The Hall–Kier alpha value is -2.16. The van der Waals surface area contributed by atoms with E-state index < -0.39 is 0 Å². The molecule has 3 rings (SSSR count). The van der Waals surface area contributed by atoms with Crippen molar-refractivity contribution in [3.05, 3.63) is 69.7 Å². The third kappa shape index (κ3) is 3.84. The summed E-state index contributed by atoms with van der Waals surface area (Å²) in [4.78, 5) is 16.9. The van der Waals surface area contributed by atoms with Crippen LogP contribution in [0.3, 0.4) is 0 Å². The minimum Gasteiger partial charge on any atom is -0.336 e. The van der Waals surface area contributed by atoms with Gasteiger partial charge in [-0.25, -0.2) is 0 Å². The molecule has 0 aliphatic carbocycles. The van der Waals surface area contributed by atoms with Crippen molar-refractivity contribution in [2.45, 2.75) is 6.54 Å². The zero-order valence-corrected chi connectivity index (χ0v) is 14.9. The zero-order valence-electron chi connectivity index (χ0n) is 13.3. The van der Waals surface area contributed by atoms with Crippen LogP contribution in [0.25, 0.3) is 0 Å². The van der Waals surface area contributed by atoms with Crippen molar-refractivity contribution in [2.75, 3.05) is 26.2 Å². The number of hydrogen-bond acceptors (Lipinski definition) is 3. The molecule has 0 atom stereocenters. The molecule has 1 aliphatic heterocycles. The fourth-order valence-corrected chi connectivity index (χ4v) is 3.31. The summed E-state index contributed by atoms with van der Waals surface area (Å²) in [6.45, 7) is 4.03. The fraction of sp³-hybridized carbons (Fsp3) is 0.263. The van der Waals surface area contributed by atoms with Crippen molar-refractivity contribution >= 4 is 21.8 Å². The number of nitriles is 1. The van der Waals surface area contributed by atoms with Gasteiger partial charge in [-0.3, -0.25) is 9.69 Å². The molecule has 24 heavy (non-hydrogen) atoms. The van der Waals surface area contributed by atoms with Gasteiger partial charge in [-0.2, -0.15) is 5.26 Å². The number of carbonyl (C=O) groups is 1. The van der Waals surface area contributed by atoms with Gasteiger partial charge in [-0.05, 0) is 45.8 Å². The largest absolute Gasteiger partial charge is 0.336 e. The van der Waals surface area contributed by atoms with Crippen molar-refractivity contribution < 1.29 is 4.79 Å². The third-order valence-corrected chi connectivity index (χ3v) is 4.94. The molecule has 5 heteroatoms. The van der Waals surface area contributed by atoms with Crippen LogP contribution in [0.15, 0.2) is 53.0 Å². The third-order valence-electron chi connectivity index (χ3n) is 4.25. The number of piperazine rings is 1. The lowest BCUT2D eigenvalue weighted by molar-refractivity contribution is 0.0627. The molecule has 1 amide bonds. The Balaban J connectivity index is 1.56. The normalized spacial score (nSPS) is 15.1. The van der Waals surface area contributed by atoms with Crippen molar-refractivity contribution in [3.8, 4) is 6.07 Å². The maximum absolute atomic E-state index is 12.6. The van der Waals surface area contributed by atoms with E-state index in [0.717, 1.165) is 42.8 Å². The number of rotatable bonds is 3. The van der Waals surface area contributed by atoms with Crippen molar-refractivity contribution in [1.29, 1.82) is 5.26 Å². The molecule has 0 bridgehead atoms.